The number of hydrogen-bond acceptors (Lipinski definition) is 5. The minimum atomic E-state index is -0.160. The lowest BCUT2D eigenvalue weighted by molar-refractivity contribution is 0.0948. The van der Waals surface area contributed by atoms with E-state index in [0.717, 1.165) is 26.5 Å². The Hall–Kier alpha value is -2.12. The highest BCUT2D eigenvalue weighted by atomic mass is 79.9. The number of nitrogens with zero attached hydrogens (tertiary/aromatic N) is 1. The van der Waals surface area contributed by atoms with E-state index < -0.39 is 0 Å². The van der Waals surface area contributed by atoms with Gasteiger partial charge < -0.3 is 15.1 Å². The summed E-state index contributed by atoms with van der Waals surface area (Å²) in [6, 6.07) is 11.7. The van der Waals surface area contributed by atoms with Crippen LogP contribution >= 0.6 is 27.5 Å². The highest BCUT2D eigenvalue weighted by molar-refractivity contribution is 9.10. The van der Waals surface area contributed by atoms with Crippen molar-refractivity contribution in [2.75, 3.05) is 12.4 Å². The number of nitrogens with one attached hydrogen (secondary N) is 2. The van der Waals surface area contributed by atoms with Gasteiger partial charge in [-0.05, 0) is 42.7 Å². The Bertz CT molecular complexity index is 855. The lowest BCUT2D eigenvalue weighted by Crippen LogP contribution is -2.23. The van der Waals surface area contributed by atoms with Crippen LogP contribution in [0.3, 0.4) is 0 Å². The average molecular weight is 406 g/mol. The summed E-state index contributed by atoms with van der Waals surface area (Å²) in [6.07, 6.45) is 0. The maximum atomic E-state index is 12.4. The molecule has 0 fully saturated rings. The molecule has 0 saturated heterocycles. The van der Waals surface area contributed by atoms with E-state index in [2.05, 4.69) is 30.9 Å². The Morgan fingerprint density at radius 2 is 2.00 bits per heavy atom. The molecule has 2 heterocycles. The molecule has 0 saturated carbocycles. The van der Waals surface area contributed by atoms with Crippen molar-refractivity contribution < 1.29 is 9.21 Å². The van der Waals surface area contributed by atoms with Crippen LogP contribution in [-0.2, 0) is 6.54 Å². The summed E-state index contributed by atoms with van der Waals surface area (Å²) in [4.78, 5) is 12.4. The van der Waals surface area contributed by atoms with Crippen LogP contribution in [0.1, 0.15) is 21.8 Å². The van der Waals surface area contributed by atoms with E-state index in [-0.39, 0.29) is 5.91 Å². The van der Waals surface area contributed by atoms with Crippen molar-refractivity contribution in [3.63, 3.8) is 0 Å². The monoisotopic (exact) mass is 405 g/mol. The number of rotatable bonds is 5. The summed E-state index contributed by atoms with van der Waals surface area (Å²) in [5.74, 6) is 1.32. The molecule has 0 radical (unpaired) electrons. The van der Waals surface area contributed by atoms with E-state index in [4.69, 9.17) is 4.42 Å². The van der Waals surface area contributed by atoms with Crippen LogP contribution < -0.4 is 10.6 Å². The molecule has 0 spiro atoms. The van der Waals surface area contributed by atoms with Gasteiger partial charge in [-0.25, -0.2) is 0 Å². The molecule has 0 aliphatic heterocycles. The topological polar surface area (TPSA) is 67.2 Å². The molecule has 124 valence electrons. The number of anilines is 1. The molecule has 1 amide bonds. The second-order valence-corrected chi connectivity index (χ2v) is 6.87. The van der Waals surface area contributed by atoms with Crippen LogP contribution in [0.4, 0.5) is 5.00 Å². The van der Waals surface area contributed by atoms with Crippen LogP contribution in [-0.4, -0.2) is 17.3 Å². The van der Waals surface area contributed by atoms with Crippen molar-refractivity contribution >= 4 is 38.4 Å². The van der Waals surface area contributed by atoms with Gasteiger partial charge in [0.15, 0.2) is 0 Å². The summed E-state index contributed by atoms with van der Waals surface area (Å²) in [6.45, 7) is 2.15. The zero-order valence-electron chi connectivity index (χ0n) is 13.2. The zero-order chi connectivity index (χ0) is 17.1. The third-order valence-electron chi connectivity index (χ3n) is 3.53. The Balaban J connectivity index is 1.68. The number of benzene rings is 1. The molecule has 0 atom stereocenters. The zero-order valence-corrected chi connectivity index (χ0v) is 15.6. The molecule has 2 N–H and O–H groups in total. The lowest BCUT2D eigenvalue weighted by Gasteiger charge is -2.05. The van der Waals surface area contributed by atoms with Crippen LogP contribution in [0, 0.1) is 6.92 Å². The number of aryl methyl sites for hydroxylation is 1. The largest absolute Gasteiger partial charge is 0.459 e. The van der Waals surface area contributed by atoms with Crippen molar-refractivity contribution in [1.29, 1.82) is 0 Å². The summed E-state index contributed by atoms with van der Waals surface area (Å²) in [5, 5.41) is 6.63. The normalized spacial score (nSPS) is 10.6. The Labute approximate surface area is 152 Å². The predicted octanol–water partition coefficient (Wildman–Crippen LogP) is 4.45. The number of carbonyl (C=O) groups is 1. The van der Waals surface area contributed by atoms with Crippen LogP contribution in [0.25, 0.3) is 11.3 Å². The molecule has 1 aromatic carbocycles. The minimum absolute atomic E-state index is 0.160. The first-order valence-electron chi connectivity index (χ1n) is 7.35. The Morgan fingerprint density at radius 1 is 1.25 bits per heavy atom. The Morgan fingerprint density at radius 3 is 2.71 bits per heavy atom. The van der Waals surface area contributed by atoms with Gasteiger partial charge in [0.05, 0.1) is 17.8 Å². The molecule has 3 aromatic rings. The number of amides is 1. The number of hydrogen-bond donors (Lipinski definition) is 2. The van der Waals surface area contributed by atoms with Gasteiger partial charge >= 0.3 is 0 Å². The fourth-order valence-corrected chi connectivity index (χ4v) is 3.31. The molecule has 24 heavy (non-hydrogen) atoms. The molecule has 0 bridgehead atoms. The third kappa shape index (κ3) is 3.52. The maximum Gasteiger partial charge on any atom is 0.256 e. The fraction of sp³-hybridized carbons (Fsp3) is 0.176. The van der Waals surface area contributed by atoms with Crippen molar-refractivity contribution in [2.24, 2.45) is 0 Å². The van der Waals surface area contributed by atoms with E-state index in [0.29, 0.717) is 17.9 Å². The fourth-order valence-electron chi connectivity index (χ4n) is 2.31. The van der Waals surface area contributed by atoms with Gasteiger partial charge in [0.25, 0.3) is 5.91 Å². The number of carbonyl (C=O) groups excluding carboxylic acids is 1. The van der Waals surface area contributed by atoms with Gasteiger partial charge in [0, 0.05) is 17.1 Å². The van der Waals surface area contributed by atoms with Crippen molar-refractivity contribution in [3.05, 3.63) is 57.9 Å². The standard InChI is InChI=1S/C17H16BrN3O2S/c1-10-15(17(19-2)24-21-10)16(22)20-9-13-7-8-14(23-13)11-3-5-12(18)6-4-11/h3-8,19H,9H2,1-2H3,(H,20,22). The Kier molecular flexibility index (Phi) is 5.01. The lowest BCUT2D eigenvalue weighted by atomic mass is 10.2. The first-order valence-corrected chi connectivity index (χ1v) is 8.92. The third-order valence-corrected chi connectivity index (χ3v) is 5.02. The molecule has 0 aliphatic carbocycles. The van der Waals surface area contributed by atoms with Crippen LogP contribution in [0.5, 0.6) is 0 Å². The number of furan rings is 1. The summed E-state index contributed by atoms with van der Waals surface area (Å²) >= 11 is 4.69. The molecule has 5 nitrogen and oxygen atoms in total. The van der Waals surface area contributed by atoms with Crippen molar-refractivity contribution in [1.82, 2.24) is 9.69 Å². The molecular weight excluding hydrogens is 390 g/mol. The van der Waals surface area contributed by atoms with Crippen LogP contribution in [0.2, 0.25) is 0 Å². The average Bonchev–Trinajstić information content (AvgIpc) is 3.20. The summed E-state index contributed by atoms with van der Waals surface area (Å²) < 4.78 is 11.0. The predicted molar refractivity (Wildman–Crippen MR) is 99.4 cm³/mol. The van der Waals surface area contributed by atoms with E-state index in [9.17, 15) is 4.79 Å². The van der Waals surface area contributed by atoms with E-state index in [1.807, 2.05) is 43.3 Å². The van der Waals surface area contributed by atoms with Gasteiger partial charge in [-0.3, -0.25) is 4.79 Å². The van der Waals surface area contributed by atoms with E-state index >= 15 is 0 Å². The second kappa shape index (κ2) is 7.19. The van der Waals surface area contributed by atoms with Crippen molar-refractivity contribution in [3.8, 4) is 11.3 Å². The highest BCUT2D eigenvalue weighted by Gasteiger charge is 2.17. The molecule has 0 unspecified atom stereocenters. The number of aromatic nitrogens is 1. The second-order valence-electron chi connectivity index (χ2n) is 5.18. The molecule has 3 rings (SSSR count). The molecule has 2 aromatic heterocycles. The van der Waals surface area contributed by atoms with Gasteiger partial charge in [0.2, 0.25) is 0 Å². The minimum Gasteiger partial charge on any atom is -0.459 e. The van der Waals surface area contributed by atoms with Crippen molar-refractivity contribution in [2.45, 2.75) is 13.5 Å². The molecular formula is C17H16BrN3O2S. The summed E-state index contributed by atoms with van der Waals surface area (Å²) in [7, 11) is 1.78. The molecule has 7 heteroatoms. The van der Waals surface area contributed by atoms with Gasteiger partial charge in [-0.15, -0.1) is 0 Å². The van der Waals surface area contributed by atoms with Gasteiger partial charge in [-0.1, -0.05) is 28.1 Å². The summed E-state index contributed by atoms with van der Waals surface area (Å²) in [5.41, 5.74) is 2.30. The van der Waals surface area contributed by atoms with Gasteiger partial charge in [0.1, 0.15) is 16.5 Å². The maximum absolute atomic E-state index is 12.4. The smallest absolute Gasteiger partial charge is 0.256 e. The molecule has 0 aliphatic rings. The van der Waals surface area contributed by atoms with E-state index in [1.54, 1.807) is 7.05 Å². The number of halogens is 1. The van der Waals surface area contributed by atoms with E-state index in [1.165, 1.54) is 11.5 Å². The first-order chi connectivity index (χ1) is 11.6. The highest BCUT2D eigenvalue weighted by Crippen LogP contribution is 2.25. The SMILES string of the molecule is CNc1snc(C)c1C(=O)NCc1ccc(-c2ccc(Br)cc2)o1. The quantitative estimate of drug-likeness (QED) is 0.657. The van der Waals surface area contributed by atoms with Crippen LogP contribution in [0.15, 0.2) is 45.3 Å². The first kappa shape index (κ1) is 16.7. The van der Waals surface area contributed by atoms with Gasteiger partial charge in [-0.2, -0.15) is 4.37 Å².